The second-order valence-electron chi connectivity index (χ2n) is 4.23. The molecule has 92 valence electrons. The molecule has 0 radical (unpaired) electrons. The van der Waals surface area contributed by atoms with Crippen LogP contribution in [-0.4, -0.2) is 8.42 Å². The molecule has 0 spiro atoms. The van der Waals surface area contributed by atoms with Crippen molar-refractivity contribution >= 4 is 27.3 Å². The van der Waals surface area contributed by atoms with Gasteiger partial charge in [-0.25, -0.2) is 4.31 Å². The fraction of sp³-hybridized carbons (Fsp3) is 0.0769. The van der Waals surface area contributed by atoms with Crippen LogP contribution >= 0.6 is 0 Å². The number of hydrogen-bond donors (Lipinski definition) is 1. The van der Waals surface area contributed by atoms with Crippen LogP contribution in [0.4, 0.5) is 17.1 Å². The van der Waals surface area contributed by atoms with E-state index < -0.39 is 10.2 Å². The van der Waals surface area contributed by atoms with E-state index in [1.165, 1.54) is 4.31 Å². The molecule has 0 amide bonds. The summed E-state index contributed by atoms with van der Waals surface area (Å²) in [7, 11) is -3.53. The zero-order valence-corrected chi connectivity index (χ0v) is 10.6. The van der Waals surface area contributed by atoms with Crippen LogP contribution < -0.4 is 9.03 Å². The van der Waals surface area contributed by atoms with Gasteiger partial charge in [-0.3, -0.25) is 4.72 Å². The normalized spacial score (nSPS) is 16.2. The average molecular weight is 260 g/mol. The van der Waals surface area contributed by atoms with Gasteiger partial charge in [0.25, 0.3) is 0 Å². The molecule has 0 aromatic heterocycles. The van der Waals surface area contributed by atoms with Crippen LogP contribution in [-0.2, 0) is 10.2 Å². The van der Waals surface area contributed by atoms with Gasteiger partial charge in [0.1, 0.15) is 0 Å². The van der Waals surface area contributed by atoms with Crippen molar-refractivity contribution < 1.29 is 8.42 Å². The molecule has 18 heavy (non-hydrogen) atoms. The van der Waals surface area contributed by atoms with Crippen molar-refractivity contribution in [3.05, 3.63) is 54.1 Å². The lowest BCUT2D eigenvalue weighted by molar-refractivity contribution is 0.603. The summed E-state index contributed by atoms with van der Waals surface area (Å²) in [5.74, 6) is 0. The summed E-state index contributed by atoms with van der Waals surface area (Å²) in [4.78, 5) is 0. The van der Waals surface area contributed by atoms with E-state index in [0.717, 1.165) is 5.56 Å². The topological polar surface area (TPSA) is 49.4 Å². The molecule has 1 N–H and O–H groups in total. The Hall–Kier alpha value is -2.01. The minimum atomic E-state index is -3.53. The summed E-state index contributed by atoms with van der Waals surface area (Å²) in [5.41, 5.74) is 2.93. The van der Waals surface area contributed by atoms with Crippen LogP contribution in [0.25, 0.3) is 0 Å². The highest BCUT2D eigenvalue weighted by atomic mass is 32.2. The summed E-state index contributed by atoms with van der Waals surface area (Å²) in [6, 6.07) is 14.6. The molecular formula is C13H12N2O2S. The molecule has 0 saturated carbocycles. The number of nitrogens with one attached hydrogen (secondary N) is 1. The van der Waals surface area contributed by atoms with Crippen molar-refractivity contribution in [2.75, 3.05) is 9.03 Å². The Labute approximate surface area is 106 Å². The van der Waals surface area contributed by atoms with Crippen molar-refractivity contribution in [3.63, 3.8) is 0 Å². The number of rotatable bonds is 1. The molecule has 5 heteroatoms. The maximum atomic E-state index is 12.1. The molecule has 0 unspecified atom stereocenters. The molecule has 1 aliphatic heterocycles. The van der Waals surface area contributed by atoms with Crippen LogP contribution in [0, 0.1) is 6.92 Å². The minimum absolute atomic E-state index is 0.610. The zero-order chi connectivity index (χ0) is 12.8. The first-order chi connectivity index (χ1) is 8.58. The third-order valence-corrected chi connectivity index (χ3v) is 4.20. The highest BCUT2D eigenvalue weighted by molar-refractivity contribution is 7.95. The summed E-state index contributed by atoms with van der Waals surface area (Å²) in [6.45, 7) is 1.94. The lowest BCUT2D eigenvalue weighted by atomic mass is 10.2. The van der Waals surface area contributed by atoms with Crippen molar-refractivity contribution in [3.8, 4) is 0 Å². The maximum Gasteiger partial charge on any atom is 0.328 e. The van der Waals surface area contributed by atoms with E-state index in [4.69, 9.17) is 0 Å². The van der Waals surface area contributed by atoms with E-state index in [1.807, 2.05) is 31.2 Å². The zero-order valence-electron chi connectivity index (χ0n) is 9.79. The van der Waals surface area contributed by atoms with Crippen LogP contribution in [0.5, 0.6) is 0 Å². The van der Waals surface area contributed by atoms with Crippen LogP contribution in [0.15, 0.2) is 48.5 Å². The van der Waals surface area contributed by atoms with E-state index >= 15 is 0 Å². The smallest absolute Gasteiger partial charge is 0.264 e. The molecule has 2 aromatic carbocycles. The van der Waals surface area contributed by atoms with Crippen LogP contribution in [0.2, 0.25) is 0 Å². The Morgan fingerprint density at radius 2 is 1.83 bits per heavy atom. The average Bonchev–Trinajstić information content (AvgIpc) is 2.58. The molecule has 1 aliphatic rings. The Morgan fingerprint density at radius 1 is 1.06 bits per heavy atom. The standard InChI is InChI=1S/C13H12N2O2S/c1-10-5-4-6-11(9-10)15-13-8-3-2-7-12(13)14-18(15,16)17/h2-9,14H,1H3. The molecule has 1 heterocycles. The molecule has 0 saturated heterocycles. The summed E-state index contributed by atoms with van der Waals surface area (Å²) < 4.78 is 28.2. The highest BCUT2D eigenvalue weighted by Crippen LogP contribution is 2.40. The summed E-state index contributed by atoms with van der Waals surface area (Å²) in [6.07, 6.45) is 0. The van der Waals surface area contributed by atoms with Gasteiger partial charge in [0, 0.05) is 0 Å². The first kappa shape index (κ1) is 11.1. The van der Waals surface area contributed by atoms with Crippen molar-refractivity contribution in [2.45, 2.75) is 6.92 Å². The summed E-state index contributed by atoms with van der Waals surface area (Å²) in [5, 5.41) is 0. The van der Waals surface area contributed by atoms with Crippen molar-refractivity contribution in [1.82, 2.24) is 0 Å². The van der Waals surface area contributed by atoms with Crippen molar-refractivity contribution in [2.24, 2.45) is 0 Å². The number of anilines is 3. The molecule has 0 bridgehead atoms. The number of hydrogen-bond acceptors (Lipinski definition) is 2. The van der Waals surface area contributed by atoms with E-state index in [-0.39, 0.29) is 0 Å². The van der Waals surface area contributed by atoms with Crippen molar-refractivity contribution in [1.29, 1.82) is 0 Å². The number of para-hydroxylation sites is 2. The van der Waals surface area contributed by atoms with Gasteiger partial charge in [-0.1, -0.05) is 24.3 Å². The monoisotopic (exact) mass is 260 g/mol. The largest absolute Gasteiger partial charge is 0.328 e. The maximum absolute atomic E-state index is 12.1. The van der Waals surface area contributed by atoms with Gasteiger partial charge in [-0.05, 0) is 36.8 Å². The van der Waals surface area contributed by atoms with Gasteiger partial charge in [0.2, 0.25) is 0 Å². The molecule has 0 aliphatic carbocycles. The number of fused-ring (bicyclic) bond motifs is 1. The fourth-order valence-electron chi connectivity index (χ4n) is 2.08. The van der Waals surface area contributed by atoms with Gasteiger partial charge in [-0.2, -0.15) is 8.42 Å². The Balaban J connectivity index is 2.22. The predicted molar refractivity (Wildman–Crippen MR) is 72.3 cm³/mol. The van der Waals surface area contributed by atoms with Gasteiger partial charge in [-0.15, -0.1) is 0 Å². The van der Waals surface area contributed by atoms with E-state index in [2.05, 4.69) is 4.72 Å². The molecule has 0 fully saturated rings. The Bertz CT molecular complexity index is 710. The van der Waals surface area contributed by atoms with E-state index in [1.54, 1.807) is 24.3 Å². The minimum Gasteiger partial charge on any atom is -0.264 e. The number of benzene rings is 2. The van der Waals surface area contributed by atoms with Gasteiger partial charge >= 0.3 is 10.2 Å². The van der Waals surface area contributed by atoms with E-state index in [9.17, 15) is 8.42 Å². The molecular weight excluding hydrogens is 248 g/mol. The Kier molecular flexibility index (Phi) is 2.31. The quantitative estimate of drug-likeness (QED) is 0.857. The number of aryl methyl sites for hydroxylation is 1. The van der Waals surface area contributed by atoms with Gasteiger partial charge in [0.05, 0.1) is 17.1 Å². The lowest BCUT2D eigenvalue weighted by Gasteiger charge is -2.17. The fourth-order valence-corrected chi connectivity index (χ4v) is 3.43. The second kappa shape index (κ2) is 3.74. The highest BCUT2D eigenvalue weighted by Gasteiger charge is 2.33. The van der Waals surface area contributed by atoms with Crippen LogP contribution in [0.3, 0.4) is 0 Å². The van der Waals surface area contributed by atoms with Gasteiger partial charge in [0.15, 0.2) is 0 Å². The van der Waals surface area contributed by atoms with Gasteiger partial charge < -0.3 is 0 Å². The molecule has 3 rings (SSSR count). The Morgan fingerprint density at radius 3 is 2.61 bits per heavy atom. The molecule has 0 atom stereocenters. The first-order valence-electron chi connectivity index (χ1n) is 5.57. The second-order valence-corrected chi connectivity index (χ2v) is 5.75. The molecule has 2 aromatic rings. The summed E-state index contributed by atoms with van der Waals surface area (Å²) >= 11 is 0. The SMILES string of the molecule is Cc1cccc(N2c3ccccc3NS2(=O)=O)c1. The number of nitrogens with zero attached hydrogens (tertiary/aromatic N) is 1. The molecule has 4 nitrogen and oxygen atoms in total. The van der Waals surface area contributed by atoms with E-state index in [0.29, 0.717) is 17.1 Å². The van der Waals surface area contributed by atoms with Crippen LogP contribution in [0.1, 0.15) is 5.56 Å². The first-order valence-corrected chi connectivity index (χ1v) is 7.01. The third kappa shape index (κ3) is 1.64. The third-order valence-electron chi connectivity index (χ3n) is 2.84. The predicted octanol–water partition coefficient (Wildman–Crippen LogP) is 2.80. The lowest BCUT2D eigenvalue weighted by Crippen LogP contribution is -2.25.